The summed E-state index contributed by atoms with van der Waals surface area (Å²) in [5.74, 6) is 1.40. The number of rotatable bonds is 6. The van der Waals surface area contributed by atoms with Crippen LogP contribution in [0.3, 0.4) is 0 Å². The summed E-state index contributed by atoms with van der Waals surface area (Å²) in [7, 11) is 0. The van der Waals surface area contributed by atoms with E-state index in [-0.39, 0.29) is 24.4 Å². The van der Waals surface area contributed by atoms with Gasteiger partial charge < -0.3 is 11.1 Å². The molecule has 0 aliphatic heterocycles. The molecule has 1 aliphatic carbocycles. The Morgan fingerprint density at radius 3 is 2.41 bits per heavy atom. The fourth-order valence-electron chi connectivity index (χ4n) is 2.55. The molecule has 4 heteroatoms. The van der Waals surface area contributed by atoms with Gasteiger partial charge in [0.15, 0.2) is 0 Å². The van der Waals surface area contributed by atoms with Crippen LogP contribution in [-0.4, -0.2) is 18.5 Å². The van der Waals surface area contributed by atoms with Crippen LogP contribution >= 0.6 is 12.4 Å². The second-order valence-electron chi connectivity index (χ2n) is 5.48. The topological polar surface area (TPSA) is 55.1 Å². The van der Waals surface area contributed by atoms with Gasteiger partial charge in [0.25, 0.3) is 0 Å². The molecule has 0 spiro atoms. The summed E-state index contributed by atoms with van der Waals surface area (Å²) in [6, 6.07) is 0.161. The molecule has 1 aliphatic rings. The van der Waals surface area contributed by atoms with Crippen molar-refractivity contribution >= 4 is 18.3 Å². The summed E-state index contributed by atoms with van der Waals surface area (Å²) in [5.41, 5.74) is 5.66. The highest BCUT2D eigenvalue weighted by atomic mass is 35.5. The molecule has 3 N–H and O–H groups in total. The molecule has 0 aromatic carbocycles. The number of hydrogen-bond acceptors (Lipinski definition) is 2. The summed E-state index contributed by atoms with van der Waals surface area (Å²) < 4.78 is 0. The van der Waals surface area contributed by atoms with Crippen LogP contribution in [0, 0.1) is 11.8 Å². The molecule has 102 valence electrons. The molecule has 1 atom stereocenters. The van der Waals surface area contributed by atoms with Gasteiger partial charge in [-0.1, -0.05) is 26.7 Å². The van der Waals surface area contributed by atoms with Crippen molar-refractivity contribution in [2.75, 3.05) is 6.54 Å². The van der Waals surface area contributed by atoms with E-state index in [0.29, 0.717) is 24.8 Å². The van der Waals surface area contributed by atoms with Gasteiger partial charge in [-0.15, -0.1) is 12.4 Å². The van der Waals surface area contributed by atoms with Crippen molar-refractivity contribution in [1.82, 2.24) is 5.32 Å². The Bertz CT molecular complexity index is 215. The lowest BCUT2D eigenvalue weighted by Gasteiger charge is -2.19. The van der Waals surface area contributed by atoms with Crippen molar-refractivity contribution < 1.29 is 4.79 Å². The third kappa shape index (κ3) is 6.89. The molecule has 1 saturated carbocycles. The molecule has 1 rings (SSSR count). The Morgan fingerprint density at radius 1 is 1.35 bits per heavy atom. The van der Waals surface area contributed by atoms with E-state index in [1.165, 1.54) is 25.7 Å². The monoisotopic (exact) mass is 262 g/mol. The van der Waals surface area contributed by atoms with E-state index in [4.69, 9.17) is 5.73 Å². The van der Waals surface area contributed by atoms with Gasteiger partial charge in [-0.05, 0) is 31.1 Å². The van der Waals surface area contributed by atoms with Crippen LogP contribution in [0.2, 0.25) is 0 Å². The Balaban J connectivity index is 0.00000256. The Kier molecular flexibility index (Phi) is 8.61. The second-order valence-corrected chi connectivity index (χ2v) is 5.48. The van der Waals surface area contributed by atoms with Crippen molar-refractivity contribution in [3.05, 3.63) is 0 Å². The zero-order chi connectivity index (χ0) is 12.0. The lowest BCUT2D eigenvalue weighted by molar-refractivity contribution is -0.122. The molecule has 0 bridgehead atoms. The van der Waals surface area contributed by atoms with Gasteiger partial charge in [0, 0.05) is 19.0 Å². The van der Waals surface area contributed by atoms with Crippen LogP contribution < -0.4 is 11.1 Å². The first-order valence-electron chi connectivity index (χ1n) is 6.61. The number of carbonyl (C=O) groups excluding carboxylic acids is 1. The third-order valence-corrected chi connectivity index (χ3v) is 3.35. The van der Waals surface area contributed by atoms with Crippen LogP contribution in [0.1, 0.15) is 52.4 Å². The first-order valence-corrected chi connectivity index (χ1v) is 6.61. The van der Waals surface area contributed by atoms with Crippen molar-refractivity contribution in [3.8, 4) is 0 Å². The SMILES string of the molecule is CC(C)CC(CN)NC(=O)CC1CCCC1.Cl. The van der Waals surface area contributed by atoms with Crippen LogP contribution in [0.4, 0.5) is 0 Å². The first-order chi connectivity index (χ1) is 7.61. The number of nitrogens with one attached hydrogen (secondary N) is 1. The van der Waals surface area contributed by atoms with Gasteiger partial charge in [-0.2, -0.15) is 0 Å². The van der Waals surface area contributed by atoms with Crippen LogP contribution in [0.15, 0.2) is 0 Å². The summed E-state index contributed by atoms with van der Waals surface area (Å²) in [5, 5.41) is 3.06. The normalized spacial score (nSPS) is 17.9. The van der Waals surface area contributed by atoms with Gasteiger partial charge in [0.05, 0.1) is 0 Å². The molecule has 17 heavy (non-hydrogen) atoms. The highest BCUT2D eigenvalue weighted by Gasteiger charge is 2.20. The Labute approximate surface area is 111 Å². The highest BCUT2D eigenvalue weighted by molar-refractivity contribution is 5.85. The van der Waals surface area contributed by atoms with Crippen molar-refractivity contribution in [3.63, 3.8) is 0 Å². The van der Waals surface area contributed by atoms with Crippen molar-refractivity contribution in [2.24, 2.45) is 17.6 Å². The molecule has 1 amide bonds. The van der Waals surface area contributed by atoms with Gasteiger partial charge in [-0.25, -0.2) is 0 Å². The van der Waals surface area contributed by atoms with Gasteiger partial charge in [-0.3, -0.25) is 4.79 Å². The summed E-state index contributed by atoms with van der Waals surface area (Å²) in [4.78, 5) is 11.8. The molecule has 1 unspecified atom stereocenters. The minimum Gasteiger partial charge on any atom is -0.352 e. The lowest BCUT2D eigenvalue weighted by Crippen LogP contribution is -2.41. The minimum atomic E-state index is 0. The average molecular weight is 263 g/mol. The molecular formula is C13H27ClN2O. The van der Waals surface area contributed by atoms with E-state index in [1.807, 2.05) is 0 Å². The van der Waals surface area contributed by atoms with Crippen LogP contribution in [0.5, 0.6) is 0 Å². The molecule has 0 aromatic rings. The maximum atomic E-state index is 11.8. The number of nitrogens with two attached hydrogens (primary N) is 1. The Hall–Kier alpha value is -0.280. The van der Waals surface area contributed by atoms with Crippen molar-refractivity contribution in [1.29, 1.82) is 0 Å². The molecule has 0 saturated heterocycles. The lowest BCUT2D eigenvalue weighted by atomic mass is 10.0. The zero-order valence-corrected chi connectivity index (χ0v) is 11.9. The summed E-state index contributed by atoms with van der Waals surface area (Å²) >= 11 is 0. The molecule has 0 aromatic heterocycles. The third-order valence-electron chi connectivity index (χ3n) is 3.35. The van der Waals surface area contributed by atoms with Gasteiger partial charge >= 0.3 is 0 Å². The molecule has 3 nitrogen and oxygen atoms in total. The maximum absolute atomic E-state index is 11.8. The maximum Gasteiger partial charge on any atom is 0.220 e. The minimum absolute atomic E-state index is 0. The van der Waals surface area contributed by atoms with Crippen LogP contribution in [-0.2, 0) is 4.79 Å². The predicted molar refractivity (Wildman–Crippen MR) is 74.3 cm³/mol. The molecule has 0 heterocycles. The molecular weight excluding hydrogens is 236 g/mol. The smallest absolute Gasteiger partial charge is 0.220 e. The zero-order valence-electron chi connectivity index (χ0n) is 11.1. The summed E-state index contributed by atoms with van der Waals surface area (Å²) in [6.07, 6.45) is 6.73. The molecule has 0 radical (unpaired) electrons. The van der Waals surface area contributed by atoms with Crippen molar-refractivity contribution in [2.45, 2.75) is 58.4 Å². The standard InChI is InChI=1S/C13H26N2O.ClH/c1-10(2)7-12(9-14)15-13(16)8-11-5-3-4-6-11;/h10-12H,3-9,14H2,1-2H3,(H,15,16);1H. The van der Waals surface area contributed by atoms with E-state index in [1.54, 1.807) is 0 Å². The van der Waals surface area contributed by atoms with E-state index >= 15 is 0 Å². The number of halogens is 1. The van der Waals surface area contributed by atoms with E-state index in [9.17, 15) is 4.79 Å². The highest BCUT2D eigenvalue weighted by Crippen LogP contribution is 2.27. The van der Waals surface area contributed by atoms with Crippen LogP contribution in [0.25, 0.3) is 0 Å². The Morgan fingerprint density at radius 2 is 1.94 bits per heavy atom. The molecule has 1 fully saturated rings. The fraction of sp³-hybridized carbons (Fsp3) is 0.923. The second kappa shape index (κ2) is 8.76. The fourth-order valence-corrected chi connectivity index (χ4v) is 2.55. The van der Waals surface area contributed by atoms with E-state index in [2.05, 4.69) is 19.2 Å². The first kappa shape index (κ1) is 16.7. The quantitative estimate of drug-likeness (QED) is 0.773. The number of amides is 1. The summed E-state index contributed by atoms with van der Waals surface area (Å²) in [6.45, 7) is 4.87. The predicted octanol–water partition coefficient (Wildman–Crippen LogP) is 2.48. The van der Waals surface area contributed by atoms with Gasteiger partial charge in [0.1, 0.15) is 0 Å². The average Bonchev–Trinajstić information content (AvgIpc) is 2.68. The number of carbonyl (C=O) groups is 1. The number of hydrogen-bond donors (Lipinski definition) is 2. The van der Waals surface area contributed by atoms with E-state index in [0.717, 1.165) is 6.42 Å². The van der Waals surface area contributed by atoms with Gasteiger partial charge in [0.2, 0.25) is 5.91 Å². The van der Waals surface area contributed by atoms with E-state index < -0.39 is 0 Å². The largest absolute Gasteiger partial charge is 0.352 e.